The normalized spacial score (nSPS) is 18.1. The third kappa shape index (κ3) is 3.94. The predicted molar refractivity (Wildman–Crippen MR) is 76.2 cm³/mol. The molecule has 1 atom stereocenters. The quantitative estimate of drug-likeness (QED) is 0.864. The van der Waals surface area contributed by atoms with Gasteiger partial charge in [-0.2, -0.15) is 0 Å². The van der Waals surface area contributed by atoms with Crippen molar-refractivity contribution in [2.24, 2.45) is 0 Å². The molecule has 0 aromatic heterocycles. The van der Waals surface area contributed by atoms with Crippen LogP contribution in [-0.2, 0) is 9.53 Å². The van der Waals surface area contributed by atoms with E-state index in [0.717, 1.165) is 28.6 Å². The van der Waals surface area contributed by atoms with Crippen LogP contribution >= 0.6 is 15.9 Å². The van der Waals surface area contributed by atoms with Gasteiger partial charge < -0.3 is 9.47 Å². The molecule has 0 saturated heterocycles. The highest BCUT2D eigenvalue weighted by Crippen LogP contribution is 2.33. The second kappa shape index (κ2) is 6.91. The number of nitrogens with one attached hydrogen (secondary N) is 1. The molecule has 1 aliphatic heterocycles. The Morgan fingerprint density at radius 2 is 2.42 bits per heavy atom. The number of halogens is 1. The first-order valence-electron chi connectivity index (χ1n) is 6.52. The Morgan fingerprint density at radius 1 is 1.58 bits per heavy atom. The highest BCUT2D eigenvalue weighted by Gasteiger charge is 2.20. The van der Waals surface area contributed by atoms with Crippen molar-refractivity contribution in [3.8, 4) is 5.75 Å². The average molecular weight is 328 g/mol. The van der Waals surface area contributed by atoms with Gasteiger partial charge in [0.25, 0.3) is 0 Å². The van der Waals surface area contributed by atoms with E-state index in [2.05, 4.69) is 21.2 Å². The zero-order chi connectivity index (χ0) is 13.7. The van der Waals surface area contributed by atoms with E-state index in [4.69, 9.17) is 9.47 Å². The lowest BCUT2D eigenvalue weighted by Gasteiger charge is -2.18. The van der Waals surface area contributed by atoms with Gasteiger partial charge in [0.15, 0.2) is 0 Å². The number of hydrogen-bond acceptors (Lipinski definition) is 4. The monoisotopic (exact) mass is 327 g/mol. The Labute approximate surface area is 121 Å². The average Bonchev–Trinajstić information content (AvgIpc) is 2.58. The molecule has 1 unspecified atom stereocenters. The van der Waals surface area contributed by atoms with Crippen LogP contribution in [0.4, 0.5) is 0 Å². The summed E-state index contributed by atoms with van der Waals surface area (Å²) in [4.78, 5) is 11.4. The van der Waals surface area contributed by atoms with Crippen LogP contribution in [0, 0.1) is 0 Å². The molecule has 0 spiro atoms. The number of carbonyl (C=O) groups is 1. The number of rotatable bonds is 4. The third-order valence-corrected chi connectivity index (χ3v) is 3.54. The molecule has 19 heavy (non-hydrogen) atoms. The van der Waals surface area contributed by atoms with Crippen LogP contribution < -0.4 is 10.1 Å². The Morgan fingerprint density at radius 3 is 3.21 bits per heavy atom. The molecule has 5 heteroatoms. The molecule has 2 rings (SSSR count). The van der Waals surface area contributed by atoms with Crippen LogP contribution in [0.2, 0.25) is 0 Å². The molecule has 1 N–H and O–H groups in total. The van der Waals surface area contributed by atoms with E-state index in [1.807, 2.05) is 25.1 Å². The second-order valence-electron chi connectivity index (χ2n) is 4.41. The largest absolute Gasteiger partial charge is 0.493 e. The number of fused-ring (bicyclic) bond motifs is 1. The fourth-order valence-electron chi connectivity index (χ4n) is 2.18. The molecule has 0 radical (unpaired) electrons. The predicted octanol–water partition coefficient (Wildman–Crippen LogP) is 2.82. The highest BCUT2D eigenvalue weighted by molar-refractivity contribution is 9.10. The summed E-state index contributed by atoms with van der Waals surface area (Å²) < 4.78 is 11.7. The van der Waals surface area contributed by atoms with Crippen molar-refractivity contribution in [1.82, 2.24) is 5.32 Å². The van der Waals surface area contributed by atoms with E-state index in [0.29, 0.717) is 13.2 Å². The maximum Gasteiger partial charge on any atom is 0.319 e. The molecule has 1 aliphatic rings. The van der Waals surface area contributed by atoms with Crippen LogP contribution in [0.25, 0.3) is 0 Å². The molecule has 0 saturated carbocycles. The summed E-state index contributed by atoms with van der Waals surface area (Å²) in [6, 6.07) is 6.13. The lowest BCUT2D eigenvalue weighted by atomic mass is 10.0. The van der Waals surface area contributed by atoms with Gasteiger partial charge in [0, 0.05) is 16.1 Å². The van der Waals surface area contributed by atoms with Gasteiger partial charge in [-0.3, -0.25) is 10.1 Å². The lowest BCUT2D eigenvalue weighted by Crippen LogP contribution is -2.28. The fourth-order valence-corrected chi connectivity index (χ4v) is 2.52. The van der Waals surface area contributed by atoms with Gasteiger partial charge in [-0.15, -0.1) is 0 Å². The molecular weight excluding hydrogens is 310 g/mol. The minimum absolute atomic E-state index is 0.134. The van der Waals surface area contributed by atoms with Gasteiger partial charge >= 0.3 is 5.97 Å². The number of benzene rings is 1. The van der Waals surface area contributed by atoms with Crippen molar-refractivity contribution >= 4 is 21.9 Å². The summed E-state index contributed by atoms with van der Waals surface area (Å²) in [5, 5.41) is 3.25. The SMILES string of the molecule is CCOC(=O)CNC1CCCOc2cc(Br)ccc21. The van der Waals surface area contributed by atoms with Gasteiger partial charge in [0.1, 0.15) is 5.75 Å². The van der Waals surface area contributed by atoms with E-state index < -0.39 is 0 Å². The Hall–Kier alpha value is -1.07. The summed E-state index contributed by atoms with van der Waals surface area (Å²) >= 11 is 3.44. The zero-order valence-electron chi connectivity index (χ0n) is 10.9. The van der Waals surface area contributed by atoms with E-state index in [-0.39, 0.29) is 18.6 Å². The molecule has 0 fully saturated rings. The molecular formula is C14H18BrNO3. The van der Waals surface area contributed by atoms with Gasteiger partial charge in [0.2, 0.25) is 0 Å². The summed E-state index contributed by atoms with van der Waals surface area (Å²) in [5.74, 6) is 0.666. The maximum atomic E-state index is 11.4. The van der Waals surface area contributed by atoms with Crippen LogP contribution in [0.1, 0.15) is 31.4 Å². The molecule has 1 aromatic rings. The number of hydrogen-bond donors (Lipinski definition) is 1. The topological polar surface area (TPSA) is 47.6 Å². The molecule has 104 valence electrons. The molecule has 4 nitrogen and oxygen atoms in total. The second-order valence-corrected chi connectivity index (χ2v) is 5.33. The molecule has 1 aromatic carbocycles. The Bertz CT molecular complexity index is 450. The maximum absolute atomic E-state index is 11.4. The molecule has 0 aliphatic carbocycles. The first kappa shape index (κ1) is 14.3. The van der Waals surface area contributed by atoms with Crippen molar-refractivity contribution in [3.63, 3.8) is 0 Å². The summed E-state index contributed by atoms with van der Waals surface area (Å²) in [5.41, 5.74) is 1.10. The van der Waals surface area contributed by atoms with Crippen molar-refractivity contribution < 1.29 is 14.3 Å². The number of carbonyl (C=O) groups excluding carboxylic acids is 1. The van der Waals surface area contributed by atoms with E-state index in [1.165, 1.54) is 0 Å². The van der Waals surface area contributed by atoms with Crippen LogP contribution in [-0.4, -0.2) is 25.7 Å². The number of esters is 1. The summed E-state index contributed by atoms with van der Waals surface area (Å²) in [6.07, 6.45) is 1.92. The van der Waals surface area contributed by atoms with Gasteiger partial charge in [-0.05, 0) is 31.9 Å². The van der Waals surface area contributed by atoms with Crippen LogP contribution in [0.3, 0.4) is 0 Å². The first-order chi connectivity index (χ1) is 9.20. The Balaban J connectivity index is 2.07. The minimum Gasteiger partial charge on any atom is -0.493 e. The molecule has 1 heterocycles. The zero-order valence-corrected chi connectivity index (χ0v) is 12.5. The Kier molecular flexibility index (Phi) is 5.22. The van der Waals surface area contributed by atoms with E-state index in [1.54, 1.807) is 0 Å². The highest BCUT2D eigenvalue weighted by atomic mass is 79.9. The van der Waals surface area contributed by atoms with Gasteiger partial charge in [-0.25, -0.2) is 0 Å². The van der Waals surface area contributed by atoms with Crippen molar-refractivity contribution in [2.45, 2.75) is 25.8 Å². The van der Waals surface area contributed by atoms with Crippen molar-refractivity contribution in [3.05, 3.63) is 28.2 Å². The smallest absolute Gasteiger partial charge is 0.319 e. The van der Waals surface area contributed by atoms with E-state index in [9.17, 15) is 4.79 Å². The van der Waals surface area contributed by atoms with Crippen LogP contribution in [0.15, 0.2) is 22.7 Å². The van der Waals surface area contributed by atoms with Gasteiger partial charge in [0.05, 0.1) is 19.8 Å². The van der Waals surface area contributed by atoms with Gasteiger partial charge in [-0.1, -0.05) is 22.0 Å². The first-order valence-corrected chi connectivity index (χ1v) is 7.31. The van der Waals surface area contributed by atoms with Crippen molar-refractivity contribution in [2.75, 3.05) is 19.8 Å². The minimum atomic E-state index is -0.216. The molecule has 0 bridgehead atoms. The lowest BCUT2D eigenvalue weighted by molar-refractivity contribution is -0.142. The number of ether oxygens (including phenoxy) is 2. The third-order valence-electron chi connectivity index (χ3n) is 3.04. The summed E-state index contributed by atoms with van der Waals surface area (Å²) in [7, 11) is 0. The van der Waals surface area contributed by atoms with Crippen LogP contribution in [0.5, 0.6) is 5.75 Å². The van der Waals surface area contributed by atoms with Crippen molar-refractivity contribution in [1.29, 1.82) is 0 Å². The molecule has 0 amide bonds. The fraction of sp³-hybridized carbons (Fsp3) is 0.500. The standard InChI is InChI=1S/C14H18BrNO3/c1-2-18-14(17)9-16-12-4-3-7-19-13-8-10(15)5-6-11(12)13/h5-6,8,12,16H,2-4,7,9H2,1H3. The van der Waals surface area contributed by atoms with E-state index >= 15 is 0 Å². The summed E-state index contributed by atoms with van der Waals surface area (Å²) in [6.45, 7) is 3.16.